The van der Waals surface area contributed by atoms with Gasteiger partial charge in [0.05, 0.1) is 6.61 Å². The molecule has 0 bridgehead atoms. The van der Waals surface area contributed by atoms with Gasteiger partial charge in [0.25, 0.3) is 0 Å². The van der Waals surface area contributed by atoms with Gasteiger partial charge in [-0.25, -0.2) is 4.98 Å². The molecule has 0 aliphatic carbocycles. The third kappa shape index (κ3) is 2.05. The first kappa shape index (κ1) is 12.4. The van der Waals surface area contributed by atoms with Gasteiger partial charge in [0.2, 0.25) is 0 Å². The number of carbonyl (C=O) groups is 1. The van der Waals surface area contributed by atoms with Gasteiger partial charge in [-0.15, -0.1) is 0 Å². The number of hydrogen-bond donors (Lipinski definition) is 0. The molecule has 0 atom stereocenters. The number of pyridine rings is 1. The SMILES string of the molecule is CCOc1ccc(-c2nc3ccccn3c2C=O)cc1. The quantitative estimate of drug-likeness (QED) is 0.681. The fourth-order valence-electron chi connectivity index (χ4n) is 2.22. The Labute approximate surface area is 116 Å². The molecule has 0 radical (unpaired) electrons. The van der Waals surface area contributed by atoms with E-state index in [0.717, 1.165) is 23.2 Å². The zero-order chi connectivity index (χ0) is 13.9. The Balaban J connectivity index is 2.11. The predicted octanol–water partition coefficient (Wildman–Crippen LogP) is 3.21. The summed E-state index contributed by atoms with van der Waals surface area (Å²) in [6, 6.07) is 13.3. The van der Waals surface area contributed by atoms with Gasteiger partial charge in [-0.2, -0.15) is 0 Å². The summed E-state index contributed by atoms with van der Waals surface area (Å²) in [5.41, 5.74) is 2.91. The highest BCUT2D eigenvalue weighted by Gasteiger charge is 2.12. The van der Waals surface area contributed by atoms with Gasteiger partial charge < -0.3 is 4.74 Å². The van der Waals surface area contributed by atoms with Crippen molar-refractivity contribution in [1.29, 1.82) is 0 Å². The van der Waals surface area contributed by atoms with Crippen molar-refractivity contribution in [1.82, 2.24) is 9.38 Å². The lowest BCUT2D eigenvalue weighted by molar-refractivity contribution is 0.111. The third-order valence-electron chi connectivity index (χ3n) is 3.12. The van der Waals surface area contributed by atoms with Crippen LogP contribution in [0.2, 0.25) is 0 Å². The number of rotatable bonds is 4. The van der Waals surface area contributed by atoms with E-state index in [1.165, 1.54) is 0 Å². The minimum absolute atomic E-state index is 0.560. The minimum Gasteiger partial charge on any atom is -0.494 e. The second-order valence-corrected chi connectivity index (χ2v) is 4.35. The summed E-state index contributed by atoms with van der Waals surface area (Å²) in [5, 5.41) is 0. The topological polar surface area (TPSA) is 43.6 Å². The molecule has 4 heteroatoms. The number of nitrogens with zero attached hydrogens (tertiary/aromatic N) is 2. The van der Waals surface area contributed by atoms with Gasteiger partial charge in [-0.1, -0.05) is 6.07 Å². The van der Waals surface area contributed by atoms with E-state index in [2.05, 4.69) is 4.98 Å². The first-order valence-corrected chi connectivity index (χ1v) is 6.49. The minimum atomic E-state index is 0.560. The number of imidazole rings is 1. The number of aromatic nitrogens is 2. The average molecular weight is 266 g/mol. The number of fused-ring (bicyclic) bond motifs is 1. The van der Waals surface area contributed by atoms with Crippen LogP contribution in [0.15, 0.2) is 48.7 Å². The Morgan fingerprint density at radius 1 is 1.20 bits per heavy atom. The molecule has 0 fully saturated rings. The van der Waals surface area contributed by atoms with Gasteiger partial charge >= 0.3 is 0 Å². The summed E-state index contributed by atoms with van der Waals surface area (Å²) in [5.74, 6) is 0.813. The van der Waals surface area contributed by atoms with Crippen molar-refractivity contribution in [3.05, 3.63) is 54.4 Å². The van der Waals surface area contributed by atoms with Crippen molar-refractivity contribution < 1.29 is 9.53 Å². The van der Waals surface area contributed by atoms with Crippen LogP contribution in [-0.4, -0.2) is 22.3 Å². The van der Waals surface area contributed by atoms with E-state index in [4.69, 9.17) is 4.74 Å². The molecule has 2 heterocycles. The molecule has 3 aromatic rings. The van der Waals surface area contributed by atoms with E-state index in [-0.39, 0.29) is 0 Å². The fraction of sp³-hybridized carbons (Fsp3) is 0.125. The van der Waals surface area contributed by atoms with Gasteiger partial charge in [-0.3, -0.25) is 9.20 Å². The van der Waals surface area contributed by atoms with Gasteiger partial charge in [0.15, 0.2) is 6.29 Å². The number of hydrogen-bond acceptors (Lipinski definition) is 3. The van der Waals surface area contributed by atoms with Crippen LogP contribution < -0.4 is 4.74 Å². The third-order valence-corrected chi connectivity index (χ3v) is 3.12. The first-order chi connectivity index (χ1) is 9.83. The molecule has 0 saturated carbocycles. The number of ether oxygens (including phenoxy) is 1. The number of aldehydes is 1. The highest BCUT2D eigenvalue weighted by molar-refractivity contribution is 5.86. The Morgan fingerprint density at radius 2 is 2.00 bits per heavy atom. The van der Waals surface area contributed by atoms with Crippen molar-refractivity contribution in [2.75, 3.05) is 6.61 Å². The Morgan fingerprint density at radius 3 is 2.70 bits per heavy atom. The van der Waals surface area contributed by atoms with Crippen LogP contribution >= 0.6 is 0 Å². The van der Waals surface area contributed by atoms with E-state index in [9.17, 15) is 4.79 Å². The standard InChI is InChI=1S/C16H14N2O2/c1-2-20-13-8-6-12(7-9-13)16-14(11-19)18-10-4-3-5-15(18)17-16/h3-11H,2H2,1H3. The van der Waals surface area contributed by atoms with E-state index in [1.54, 1.807) is 4.40 Å². The number of carbonyl (C=O) groups excluding carboxylic acids is 1. The maximum Gasteiger partial charge on any atom is 0.169 e. The monoisotopic (exact) mass is 266 g/mol. The molecule has 0 amide bonds. The van der Waals surface area contributed by atoms with Crippen molar-refractivity contribution in [2.24, 2.45) is 0 Å². The molecule has 0 saturated heterocycles. The van der Waals surface area contributed by atoms with Gasteiger partial charge in [-0.05, 0) is 43.3 Å². The van der Waals surface area contributed by atoms with Crippen molar-refractivity contribution in [2.45, 2.75) is 6.92 Å². The van der Waals surface area contributed by atoms with E-state index >= 15 is 0 Å². The largest absolute Gasteiger partial charge is 0.494 e. The van der Waals surface area contributed by atoms with Crippen LogP contribution in [0.3, 0.4) is 0 Å². The molecule has 100 valence electrons. The molecular weight excluding hydrogens is 252 g/mol. The summed E-state index contributed by atoms with van der Waals surface area (Å²) >= 11 is 0. The predicted molar refractivity (Wildman–Crippen MR) is 77.2 cm³/mol. The van der Waals surface area contributed by atoms with Crippen LogP contribution in [0.25, 0.3) is 16.9 Å². The maximum atomic E-state index is 11.4. The van der Waals surface area contributed by atoms with Gasteiger partial charge in [0, 0.05) is 11.8 Å². The summed E-state index contributed by atoms with van der Waals surface area (Å²) in [6.45, 7) is 2.58. The highest BCUT2D eigenvalue weighted by Crippen LogP contribution is 2.25. The fourth-order valence-corrected chi connectivity index (χ4v) is 2.22. The van der Waals surface area contributed by atoms with Crippen molar-refractivity contribution >= 4 is 11.9 Å². The zero-order valence-electron chi connectivity index (χ0n) is 11.1. The van der Waals surface area contributed by atoms with Crippen LogP contribution in [0.4, 0.5) is 0 Å². The summed E-state index contributed by atoms with van der Waals surface area (Å²) in [7, 11) is 0. The molecular formula is C16H14N2O2. The van der Waals surface area contributed by atoms with Crippen LogP contribution in [0.5, 0.6) is 5.75 Å². The maximum absolute atomic E-state index is 11.4. The van der Waals surface area contributed by atoms with E-state index in [1.807, 2.05) is 55.6 Å². The molecule has 0 spiro atoms. The molecule has 0 aliphatic heterocycles. The van der Waals surface area contributed by atoms with E-state index < -0.39 is 0 Å². The summed E-state index contributed by atoms with van der Waals surface area (Å²) in [4.78, 5) is 15.9. The van der Waals surface area contributed by atoms with E-state index in [0.29, 0.717) is 18.0 Å². The Kier molecular flexibility index (Phi) is 3.21. The second-order valence-electron chi connectivity index (χ2n) is 4.35. The lowest BCUT2D eigenvalue weighted by Gasteiger charge is -2.03. The van der Waals surface area contributed by atoms with Crippen LogP contribution in [0, 0.1) is 0 Å². The molecule has 20 heavy (non-hydrogen) atoms. The first-order valence-electron chi connectivity index (χ1n) is 6.49. The zero-order valence-corrected chi connectivity index (χ0v) is 11.1. The molecule has 0 N–H and O–H groups in total. The Bertz CT molecular complexity index is 745. The normalized spacial score (nSPS) is 10.7. The van der Waals surface area contributed by atoms with Gasteiger partial charge in [0.1, 0.15) is 22.8 Å². The summed E-state index contributed by atoms with van der Waals surface area (Å²) < 4.78 is 7.21. The lowest BCUT2D eigenvalue weighted by atomic mass is 10.1. The lowest BCUT2D eigenvalue weighted by Crippen LogP contribution is -1.93. The molecule has 0 unspecified atom stereocenters. The average Bonchev–Trinajstić information content (AvgIpc) is 2.87. The smallest absolute Gasteiger partial charge is 0.169 e. The second kappa shape index (κ2) is 5.17. The molecule has 4 nitrogen and oxygen atoms in total. The highest BCUT2D eigenvalue weighted by atomic mass is 16.5. The molecule has 3 rings (SSSR count). The molecule has 2 aromatic heterocycles. The molecule has 0 aliphatic rings. The molecule has 1 aromatic carbocycles. The number of benzene rings is 1. The summed E-state index contributed by atoms with van der Waals surface area (Å²) in [6.07, 6.45) is 2.68. The van der Waals surface area contributed by atoms with Crippen LogP contribution in [-0.2, 0) is 0 Å². The van der Waals surface area contributed by atoms with Crippen LogP contribution in [0.1, 0.15) is 17.4 Å². The van der Waals surface area contributed by atoms with Crippen molar-refractivity contribution in [3.8, 4) is 17.0 Å². The van der Waals surface area contributed by atoms with Crippen molar-refractivity contribution in [3.63, 3.8) is 0 Å². The Hall–Kier alpha value is -2.62.